The molecule has 0 spiro atoms. The second kappa shape index (κ2) is 6.31. The quantitative estimate of drug-likeness (QED) is 0.621. The molecule has 0 bridgehead atoms. The van der Waals surface area contributed by atoms with E-state index in [2.05, 4.69) is 5.32 Å². The molecule has 20 heavy (non-hydrogen) atoms. The van der Waals surface area contributed by atoms with Crippen LogP contribution in [0.1, 0.15) is 5.56 Å². The van der Waals surface area contributed by atoms with Gasteiger partial charge in [0.1, 0.15) is 0 Å². The minimum Gasteiger partial charge on any atom is -0.380 e. The second-order valence-electron chi connectivity index (χ2n) is 4.05. The summed E-state index contributed by atoms with van der Waals surface area (Å²) in [6.45, 7) is 0.456. The maximum atomic E-state index is 10.6. The van der Waals surface area contributed by atoms with Gasteiger partial charge in [0.05, 0.1) is 15.6 Å². The molecular formula is C13H9Cl3N2O2. The van der Waals surface area contributed by atoms with Gasteiger partial charge in [0.15, 0.2) is 0 Å². The molecule has 0 heterocycles. The number of non-ortho nitro benzene ring substituents is 1. The van der Waals surface area contributed by atoms with Gasteiger partial charge in [-0.15, -0.1) is 0 Å². The summed E-state index contributed by atoms with van der Waals surface area (Å²) in [7, 11) is 0. The molecule has 2 aromatic rings. The third kappa shape index (κ3) is 3.76. The van der Waals surface area contributed by atoms with E-state index in [1.807, 2.05) is 0 Å². The number of nitro groups is 1. The average Bonchev–Trinajstić information content (AvgIpc) is 2.36. The number of halogens is 3. The van der Waals surface area contributed by atoms with Crippen LogP contribution in [-0.4, -0.2) is 4.92 Å². The fourth-order valence-electron chi connectivity index (χ4n) is 1.67. The van der Waals surface area contributed by atoms with Crippen LogP contribution in [0.15, 0.2) is 36.4 Å². The minimum absolute atomic E-state index is 0.0497. The zero-order valence-electron chi connectivity index (χ0n) is 10.1. The summed E-state index contributed by atoms with van der Waals surface area (Å²) in [5, 5.41) is 15.1. The van der Waals surface area contributed by atoms with Crippen molar-refractivity contribution in [1.29, 1.82) is 0 Å². The molecule has 2 rings (SSSR count). The van der Waals surface area contributed by atoms with Crippen LogP contribution in [0.3, 0.4) is 0 Å². The summed E-state index contributed by atoms with van der Waals surface area (Å²) in [6.07, 6.45) is 0. The number of nitrogens with one attached hydrogen (secondary N) is 1. The van der Waals surface area contributed by atoms with Crippen molar-refractivity contribution in [3.63, 3.8) is 0 Å². The van der Waals surface area contributed by atoms with Gasteiger partial charge in [0.2, 0.25) is 0 Å². The number of rotatable bonds is 4. The van der Waals surface area contributed by atoms with Crippen molar-refractivity contribution in [1.82, 2.24) is 0 Å². The van der Waals surface area contributed by atoms with E-state index in [4.69, 9.17) is 34.8 Å². The van der Waals surface area contributed by atoms with Crippen LogP contribution in [0, 0.1) is 10.1 Å². The van der Waals surface area contributed by atoms with Crippen molar-refractivity contribution in [3.8, 4) is 0 Å². The highest BCUT2D eigenvalue weighted by Crippen LogP contribution is 2.27. The van der Waals surface area contributed by atoms with Crippen LogP contribution in [-0.2, 0) is 6.54 Å². The first-order valence-corrected chi connectivity index (χ1v) is 6.72. The SMILES string of the molecule is O=[N+]([O-])c1ccc(NCc2cc(Cl)cc(Cl)c2)c(Cl)c1. The second-order valence-corrected chi connectivity index (χ2v) is 5.33. The normalized spacial score (nSPS) is 10.3. The molecule has 0 fully saturated rings. The first-order chi connectivity index (χ1) is 9.45. The Balaban J connectivity index is 2.12. The van der Waals surface area contributed by atoms with Gasteiger partial charge in [-0.2, -0.15) is 0 Å². The highest BCUT2D eigenvalue weighted by molar-refractivity contribution is 6.34. The largest absolute Gasteiger partial charge is 0.380 e. The minimum atomic E-state index is -0.494. The van der Waals surface area contributed by atoms with Crippen molar-refractivity contribution in [2.24, 2.45) is 0 Å². The molecule has 0 radical (unpaired) electrons. The van der Waals surface area contributed by atoms with Gasteiger partial charge in [-0.1, -0.05) is 34.8 Å². The van der Waals surface area contributed by atoms with Crippen molar-refractivity contribution in [2.75, 3.05) is 5.32 Å². The number of hydrogen-bond acceptors (Lipinski definition) is 3. The molecule has 0 aromatic heterocycles. The third-order valence-electron chi connectivity index (χ3n) is 2.57. The van der Waals surface area contributed by atoms with Crippen LogP contribution in [0.2, 0.25) is 15.1 Å². The Bertz CT molecular complexity index is 642. The first-order valence-electron chi connectivity index (χ1n) is 5.58. The van der Waals surface area contributed by atoms with E-state index in [0.717, 1.165) is 5.56 Å². The predicted octanol–water partition coefficient (Wildman–Crippen LogP) is 5.17. The van der Waals surface area contributed by atoms with Gasteiger partial charge in [0, 0.05) is 28.7 Å². The predicted molar refractivity (Wildman–Crippen MR) is 81.9 cm³/mol. The molecule has 104 valence electrons. The highest BCUT2D eigenvalue weighted by Gasteiger charge is 2.09. The molecule has 2 aromatic carbocycles. The van der Waals surface area contributed by atoms with Gasteiger partial charge < -0.3 is 5.32 Å². The molecule has 0 aliphatic carbocycles. The fraction of sp³-hybridized carbons (Fsp3) is 0.0769. The number of nitrogens with zero attached hydrogens (tertiary/aromatic N) is 1. The van der Waals surface area contributed by atoms with Crippen molar-refractivity contribution in [3.05, 3.63) is 67.1 Å². The van der Waals surface area contributed by atoms with Gasteiger partial charge in [-0.05, 0) is 29.8 Å². The zero-order chi connectivity index (χ0) is 14.7. The lowest BCUT2D eigenvalue weighted by molar-refractivity contribution is -0.384. The maximum absolute atomic E-state index is 10.6. The Morgan fingerprint density at radius 3 is 2.25 bits per heavy atom. The summed E-state index contributed by atoms with van der Waals surface area (Å²) >= 11 is 17.8. The fourth-order valence-corrected chi connectivity index (χ4v) is 2.48. The van der Waals surface area contributed by atoms with E-state index in [9.17, 15) is 10.1 Å². The Hall–Kier alpha value is -1.49. The molecule has 0 amide bonds. The van der Waals surface area contributed by atoms with Crippen LogP contribution < -0.4 is 5.32 Å². The average molecular weight is 332 g/mol. The van der Waals surface area contributed by atoms with Gasteiger partial charge in [-0.25, -0.2) is 0 Å². The summed E-state index contributed by atoms with van der Waals surface area (Å²) in [4.78, 5) is 10.1. The summed E-state index contributed by atoms with van der Waals surface area (Å²) in [6, 6.07) is 9.45. The molecule has 1 N–H and O–H groups in total. The van der Waals surface area contributed by atoms with Crippen LogP contribution >= 0.6 is 34.8 Å². The molecule has 0 atom stereocenters. The van der Waals surface area contributed by atoms with Crippen molar-refractivity contribution < 1.29 is 4.92 Å². The molecule has 0 saturated heterocycles. The number of benzene rings is 2. The Morgan fingerprint density at radius 2 is 1.70 bits per heavy atom. The number of anilines is 1. The van der Waals surface area contributed by atoms with Gasteiger partial charge >= 0.3 is 0 Å². The monoisotopic (exact) mass is 330 g/mol. The lowest BCUT2D eigenvalue weighted by Gasteiger charge is -2.09. The van der Waals surface area contributed by atoms with E-state index in [-0.39, 0.29) is 10.7 Å². The van der Waals surface area contributed by atoms with E-state index in [1.165, 1.54) is 12.1 Å². The topological polar surface area (TPSA) is 55.2 Å². The molecule has 0 aliphatic heterocycles. The highest BCUT2D eigenvalue weighted by atomic mass is 35.5. The van der Waals surface area contributed by atoms with Crippen molar-refractivity contribution in [2.45, 2.75) is 6.54 Å². The molecule has 0 unspecified atom stereocenters. The van der Waals surface area contributed by atoms with Crippen LogP contribution in [0.4, 0.5) is 11.4 Å². The van der Waals surface area contributed by atoms with Gasteiger partial charge in [0.25, 0.3) is 5.69 Å². The molecule has 7 heteroatoms. The Labute approximate surface area is 130 Å². The summed E-state index contributed by atoms with van der Waals surface area (Å²) in [5.41, 5.74) is 1.44. The van der Waals surface area contributed by atoms with E-state index < -0.39 is 4.92 Å². The molecule has 0 aliphatic rings. The number of hydrogen-bond donors (Lipinski definition) is 1. The van der Waals surface area contributed by atoms with E-state index in [0.29, 0.717) is 22.3 Å². The van der Waals surface area contributed by atoms with Crippen LogP contribution in [0.5, 0.6) is 0 Å². The van der Waals surface area contributed by atoms with Crippen molar-refractivity contribution >= 4 is 46.2 Å². The third-order valence-corrected chi connectivity index (χ3v) is 3.32. The zero-order valence-corrected chi connectivity index (χ0v) is 12.3. The number of nitro benzene ring substituents is 1. The van der Waals surface area contributed by atoms with E-state index in [1.54, 1.807) is 24.3 Å². The Morgan fingerprint density at radius 1 is 1.05 bits per heavy atom. The standard InChI is InChI=1S/C13H9Cl3N2O2/c14-9-3-8(4-10(15)5-9)7-17-13-2-1-11(18(19)20)6-12(13)16/h1-6,17H,7H2. The summed E-state index contributed by atoms with van der Waals surface area (Å²) < 4.78 is 0. The molecule has 4 nitrogen and oxygen atoms in total. The summed E-state index contributed by atoms with van der Waals surface area (Å²) in [5.74, 6) is 0. The lowest BCUT2D eigenvalue weighted by Crippen LogP contribution is -2.00. The van der Waals surface area contributed by atoms with E-state index >= 15 is 0 Å². The molecule has 0 saturated carbocycles. The molecular weight excluding hydrogens is 323 g/mol. The first kappa shape index (κ1) is 14.9. The smallest absolute Gasteiger partial charge is 0.271 e. The Kier molecular flexibility index (Phi) is 4.70. The lowest BCUT2D eigenvalue weighted by atomic mass is 10.2. The van der Waals surface area contributed by atoms with Crippen LogP contribution in [0.25, 0.3) is 0 Å². The van der Waals surface area contributed by atoms with Gasteiger partial charge in [-0.3, -0.25) is 10.1 Å². The maximum Gasteiger partial charge on any atom is 0.271 e.